The molecule has 2 aliphatic rings. The van der Waals surface area contributed by atoms with Crippen molar-refractivity contribution in [2.24, 2.45) is 5.41 Å². The molecule has 38 heavy (non-hydrogen) atoms. The molecule has 10 nitrogen and oxygen atoms in total. The molecule has 1 N–H and O–H groups in total. The van der Waals surface area contributed by atoms with E-state index < -0.39 is 16.1 Å². The lowest BCUT2D eigenvalue weighted by Gasteiger charge is -2.47. The molecule has 2 saturated heterocycles. The minimum Gasteiger partial charge on any atom is -0.486 e. The van der Waals surface area contributed by atoms with Gasteiger partial charge < -0.3 is 9.64 Å². The van der Waals surface area contributed by atoms with Crippen molar-refractivity contribution in [3.05, 3.63) is 58.6 Å². The van der Waals surface area contributed by atoms with Crippen LogP contribution in [0.2, 0.25) is 10.0 Å². The Morgan fingerprint density at radius 3 is 2.45 bits per heavy atom. The average molecular weight is 574 g/mol. The summed E-state index contributed by atoms with van der Waals surface area (Å²) in [7, 11) is -3.16. The van der Waals surface area contributed by atoms with Gasteiger partial charge in [-0.2, -0.15) is 5.10 Å². The van der Waals surface area contributed by atoms with Crippen LogP contribution in [-0.2, 0) is 10.0 Å². The summed E-state index contributed by atoms with van der Waals surface area (Å²) >= 11 is 12.6. The van der Waals surface area contributed by atoms with Crippen LogP contribution >= 0.6 is 23.2 Å². The number of hydrogen-bond donors (Lipinski definition) is 1. The summed E-state index contributed by atoms with van der Waals surface area (Å²) in [5.74, 6) is 1.26. The zero-order valence-corrected chi connectivity index (χ0v) is 23.1. The number of sulfonamides is 1. The first kappa shape index (κ1) is 25.3. The first-order chi connectivity index (χ1) is 18.1. The van der Waals surface area contributed by atoms with Gasteiger partial charge >= 0.3 is 0 Å². The number of halogens is 2. The fourth-order valence-electron chi connectivity index (χ4n) is 5.31. The molecule has 1 atom stereocenters. The molecule has 2 aliphatic heterocycles. The molecule has 1 aromatic carbocycles. The predicted octanol–water partition coefficient (Wildman–Crippen LogP) is 4.33. The van der Waals surface area contributed by atoms with Crippen LogP contribution in [0.5, 0.6) is 5.75 Å². The molecule has 1 spiro atoms. The first-order valence-electron chi connectivity index (χ1n) is 12.1. The van der Waals surface area contributed by atoms with Crippen LogP contribution in [0, 0.1) is 5.41 Å². The summed E-state index contributed by atoms with van der Waals surface area (Å²) in [6.07, 6.45) is 8.34. The molecule has 3 aromatic heterocycles. The molecule has 13 heteroatoms. The standard InChI is InChI=1S/C25H25Cl2N7O3S/c1-15(22-19(26)10-28-11-20(22)27)37-17-3-4-21-18(7-17)23(32-31-21)16-8-29-24(30-9-16)33-12-25(13-33)5-6-34(14-25)38(2,35)36/h3-4,7-11,15H,5-6,12-14H2,1-2H3,(H,31,32). The van der Waals surface area contributed by atoms with Crippen LogP contribution in [0.1, 0.15) is 25.0 Å². The Morgan fingerprint density at radius 1 is 1.08 bits per heavy atom. The summed E-state index contributed by atoms with van der Waals surface area (Å²) in [6.45, 7) is 4.50. The summed E-state index contributed by atoms with van der Waals surface area (Å²) < 4.78 is 31.5. The summed E-state index contributed by atoms with van der Waals surface area (Å²) in [6, 6.07) is 5.67. The number of aromatic amines is 1. The number of hydrogen-bond acceptors (Lipinski definition) is 8. The van der Waals surface area contributed by atoms with E-state index in [4.69, 9.17) is 27.9 Å². The second-order valence-electron chi connectivity index (χ2n) is 10.0. The van der Waals surface area contributed by atoms with Gasteiger partial charge in [0.2, 0.25) is 16.0 Å². The van der Waals surface area contributed by atoms with Crippen molar-refractivity contribution in [3.63, 3.8) is 0 Å². The molecular weight excluding hydrogens is 549 g/mol. The predicted molar refractivity (Wildman–Crippen MR) is 146 cm³/mol. The summed E-state index contributed by atoms with van der Waals surface area (Å²) in [4.78, 5) is 15.2. The lowest BCUT2D eigenvalue weighted by atomic mass is 9.79. The van der Waals surface area contributed by atoms with Crippen molar-refractivity contribution >= 4 is 50.1 Å². The Hall–Kier alpha value is -2.99. The Morgan fingerprint density at radius 2 is 1.79 bits per heavy atom. The number of aromatic nitrogens is 5. The quantitative estimate of drug-likeness (QED) is 0.362. The molecule has 2 fully saturated rings. The number of H-pyrrole nitrogens is 1. The first-order valence-corrected chi connectivity index (χ1v) is 14.7. The SMILES string of the molecule is CC(Oc1ccc2[nH]nc(-c3cnc(N4CC5(CCN(S(C)(=O)=O)C5)C4)nc3)c2c1)c1c(Cl)cncc1Cl. The third-order valence-corrected chi connectivity index (χ3v) is 9.12. The fourth-order valence-corrected chi connectivity index (χ4v) is 6.91. The van der Waals surface area contributed by atoms with Crippen LogP contribution in [0.15, 0.2) is 43.0 Å². The highest BCUT2D eigenvalue weighted by Gasteiger charge is 2.50. The van der Waals surface area contributed by atoms with Gasteiger partial charge in [-0.3, -0.25) is 10.1 Å². The fraction of sp³-hybridized carbons (Fsp3) is 0.360. The molecule has 4 aromatic rings. The van der Waals surface area contributed by atoms with E-state index in [2.05, 4.69) is 30.0 Å². The number of pyridine rings is 1. The van der Waals surface area contributed by atoms with E-state index in [0.29, 0.717) is 46.1 Å². The number of fused-ring (bicyclic) bond motifs is 1. The van der Waals surface area contributed by atoms with Gasteiger partial charge in [0, 0.05) is 72.9 Å². The zero-order chi connectivity index (χ0) is 26.7. The van der Waals surface area contributed by atoms with E-state index in [0.717, 1.165) is 36.0 Å². The lowest BCUT2D eigenvalue weighted by Crippen LogP contribution is -2.58. The van der Waals surface area contributed by atoms with E-state index in [1.165, 1.54) is 6.26 Å². The number of nitrogens with zero attached hydrogens (tertiary/aromatic N) is 6. The van der Waals surface area contributed by atoms with Crippen LogP contribution in [0.4, 0.5) is 5.95 Å². The monoisotopic (exact) mass is 573 g/mol. The van der Waals surface area contributed by atoms with Crippen molar-refractivity contribution in [1.29, 1.82) is 0 Å². The maximum atomic E-state index is 11.9. The molecule has 0 saturated carbocycles. The van der Waals surface area contributed by atoms with E-state index >= 15 is 0 Å². The normalized spacial score (nSPS) is 18.2. The second-order valence-corrected chi connectivity index (χ2v) is 12.8. The van der Waals surface area contributed by atoms with E-state index in [9.17, 15) is 8.42 Å². The van der Waals surface area contributed by atoms with Gasteiger partial charge in [0.1, 0.15) is 17.5 Å². The van der Waals surface area contributed by atoms with Crippen LogP contribution in [-0.4, -0.2) is 70.3 Å². The Balaban J connectivity index is 1.18. The zero-order valence-electron chi connectivity index (χ0n) is 20.7. The minimum atomic E-state index is -3.16. The maximum absolute atomic E-state index is 11.9. The smallest absolute Gasteiger partial charge is 0.225 e. The highest BCUT2D eigenvalue weighted by Crippen LogP contribution is 2.42. The van der Waals surface area contributed by atoms with Gasteiger partial charge in [0.25, 0.3) is 0 Å². The molecule has 0 radical (unpaired) electrons. The number of rotatable bonds is 6. The third kappa shape index (κ3) is 4.57. The Labute approximate surface area is 230 Å². The minimum absolute atomic E-state index is 0.0121. The topological polar surface area (TPSA) is 117 Å². The molecule has 6 rings (SSSR count). The van der Waals surface area contributed by atoms with Crippen LogP contribution in [0.3, 0.4) is 0 Å². The molecule has 0 aliphatic carbocycles. The van der Waals surface area contributed by atoms with E-state index in [1.54, 1.807) is 29.1 Å². The van der Waals surface area contributed by atoms with Crippen LogP contribution in [0.25, 0.3) is 22.2 Å². The maximum Gasteiger partial charge on any atom is 0.225 e. The molecule has 0 bridgehead atoms. The van der Waals surface area contributed by atoms with Gasteiger partial charge in [0.05, 0.1) is 21.8 Å². The van der Waals surface area contributed by atoms with Crippen molar-refractivity contribution in [3.8, 4) is 17.0 Å². The average Bonchev–Trinajstić information content (AvgIpc) is 3.48. The van der Waals surface area contributed by atoms with Gasteiger partial charge in [-0.15, -0.1) is 0 Å². The number of anilines is 1. The number of benzene rings is 1. The Bertz CT molecular complexity index is 1600. The van der Waals surface area contributed by atoms with Gasteiger partial charge in [0.15, 0.2) is 0 Å². The number of nitrogens with one attached hydrogen (secondary N) is 1. The number of ether oxygens (including phenoxy) is 1. The van der Waals surface area contributed by atoms with Crippen molar-refractivity contribution in [2.45, 2.75) is 19.4 Å². The highest BCUT2D eigenvalue weighted by molar-refractivity contribution is 7.88. The van der Waals surface area contributed by atoms with E-state index in [-0.39, 0.29) is 5.41 Å². The lowest BCUT2D eigenvalue weighted by molar-refractivity contribution is 0.227. The van der Waals surface area contributed by atoms with Gasteiger partial charge in [-0.05, 0) is 31.5 Å². The molecule has 198 valence electrons. The largest absolute Gasteiger partial charge is 0.486 e. The second kappa shape index (κ2) is 9.33. The van der Waals surface area contributed by atoms with Crippen LogP contribution < -0.4 is 9.64 Å². The molecule has 0 amide bonds. The summed E-state index contributed by atoms with van der Waals surface area (Å²) in [5, 5.41) is 9.29. The third-order valence-electron chi connectivity index (χ3n) is 7.26. The van der Waals surface area contributed by atoms with Gasteiger partial charge in [-0.25, -0.2) is 22.7 Å². The summed E-state index contributed by atoms with van der Waals surface area (Å²) in [5.41, 5.74) is 3.00. The van der Waals surface area contributed by atoms with Gasteiger partial charge in [-0.1, -0.05) is 23.2 Å². The van der Waals surface area contributed by atoms with Crippen molar-refractivity contribution in [1.82, 2.24) is 29.5 Å². The van der Waals surface area contributed by atoms with E-state index in [1.807, 2.05) is 25.1 Å². The highest BCUT2D eigenvalue weighted by atomic mass is 35.5. The molecule has 5 heterocycles. The molecule has 1 unspecified atom stereocenters. The van der Waals surface area contributed by atoms with Crippen molar-refractivity contribution < 1.29 is 13.2 Å². The molecular formula is C25H25Cl2N7O3S. The van der Waals surface area contributed by atoms with Crippen molar-refractivity contribution in [2.75, 3.05) is 37.3 Å². The Kier molecular flexibility index (Phi) is 6.21.